The molecule has 3 nitrogen and oxygen atoms in total. The molecule has 7 rings (SSSR count). The van der Waals surface area contributed by atoms with Crippen LogP contribution in [0.2, 0.25) is 0 Å². The predicted molar refractivity (Wildman–Crippen MR) is 164 cm³/mol. The van der Waals surface area contributed by atoms with Crippen molar-refractivity contribution in [3.8, 4) is 34.0 Å². The van der Waals surface area contributed by atoms with Crippen molar-refractivity contribution in [3.63, 3.8) is 0 Å². The van der Waals surface area contributed by atoms with Gasteiger partial charge in [0.05, 0.1) is 5.56 Å². The molecule has 0 saturated carbocycles. The van der Waals surface area contributed by atoms with E-state index in [0.717, 1.165) is 56.1 Å². The molecule has 0 fully saturated rings. The van der Waals surface area contributed by atoms with Crippen LogP contribution in [0.25, 0.3) is 56.0 Å². The molecule has 0 spiro atoms. The molecule has 0 N–H and O–H groups in total. The van der Waals surface area contributed by atoms with Crippen LogP contribution in [0.5, 0.6) is 0 Å². The van der Waals surface area contributed by atoms with E-state index < -0.39 is 0 Å². The lowest BCUT2D eigenvalue weighted by molar-refractivity contribution is -0.588. The van der Waals surface area contributed by atoms with Crippen molar-refractivity contribution in [1.82, 2.24) is 4.57 Å². The Morgan fingerprint density at radius 3 is 1.95 bits per heavy atom. The van der Waals surface area contributed by atoms with Gasteiger partial charge in [0, 0.05) is 28.8 Å². The maximum absolute atomic E-state index is 6.66. The molecule has 0 radical (unpaired) electrons. The first-order valence-electron chi connectivity index (χ1n) is 13.8. The minimum Gasteiger partial charge on any atom is -0.452 e. The predicted octanol–water partition coefficient (Wildman–Crippen LogP) is 9.22. The molecule has 0 atom stereocenters. The fourth-order valence-corrected chi connectivity index (χ4v) is 6.21. The summed E-state index contributed by atoms with van der Waals surface area (Å²) in [7, 11) is 0. The zero-order valence-corrected chi connectivity index (χ0v) is 23.3. The highest BCUT2D eigenvalue weighted by Crippen LogP contribution is 2.39. The number of para-hydroxylation sites is 2. The number of fused-ring (bicyclic) bond motifs is 3. The number of nitrogens with zero attached hydrogens (tertiary/aromatic N) is 2. The lowest BCUT2D eigenvalue weighted by Crippen LogP contribution is -2.36. The van der Waals surface area contributed by atoms with Crippen LogP contribution in [-0.4, -0.2) is 4.57 Å². The van der Waals surface area contributed by atoms with Gasteiger partial charge in [0.25, 0.3) is 0 Å². The van der Waals surface area contributed by atoms with Crippen LogP contribution >= 0.6 is 0 Å². The first-order valence-corrected chi connectivity index (χ1v) is 13.8. The topological polar surface area (TPSA) is 21.9 Å². The molecule has 0 aliphatic heterocycles. The summed E-state index contributed by atoms with van der Waals surface area (Å²) in [5.41, 5.74) is 12.4. The van der Waals surface area contributed by atoms with Crippen molar-refractivity contribution in [2.24, 2.45) is 0 Å². The standard InChI is InChI=1S/C37H31N2O/c1-24-14-13-15-25(2)33(24)37-38(34-26(3)22-23-31-30-20-11-12-21-32(30)40-36(31)34)27(4)35(28-16-7-5-8-17-28)39(37)29-18-9-6-10-19-29/h5-23H,1-4H3/q+1. The van der Waals surface area contributed by atoms with Crippen LogP contribution in [0.3, 0.4) is 0 Å². The lowest BCUT2D eigenvalue weighted by atomic mass is 10.0. The maximum atomic E-state index is 6.66. The number of furan rings is 1. The molecule has 0 saturated heterocycles. The average molecular weight is 520 g/mol. The molecular formula is C37H31N2O+. The van der Waals surface area contributed by atoms with Gasteiger partial charge in [-0.1, -0.05) is 91.0 Å². The molecule has 7 aromatic rings. The first-order chi connectivity index (χ1) is 19.5. The van der Waals surface area contributed by atoms with E-state index in [-0.39, 0.29) is 0 Å². The minimum absolute atomic E-state index is 0.905. The molecule has 2 heterocycles. The Balaban J connectivity index is 1.73. The molecule has 0 aliphatic carbocycles. The number of hydrogen-bond donors (Lipinski definition) is 0. The highest BCUT2D eigenvalue weighted by molar-refractivity contribution is 6.07. The van der Waals surface area contributed by atoms with Crippen molar-refractivity contribution in [1.29, 1.82) is 0 Å². The molecule has 0 unspecified atom stereocenters. The summed E-state index contributed by atoms with van der Waals surface area (Å²) in [6.07, 6.45) is 0. The van der Waals surface area contributed by atoms with Gasteiger partial charge in [-0.2, -0.15) is 9.13 Å². The Morgan fingerprint density at radius 1 is 0.575 bits per heavy atom. The van der Waals surface area contributed by atoms with E-state index >= 15 is 0 Å². The normalized spacial score (nSPS) is 11.5. The summed E-state index contributed by atoms with van der Waals surface area (Å²) < 4.78 is 11.5. The van der Waals surface area contributed by atoms with Crippen molar-refractivity contribution in [2.45, 2.75) is 27.7 Å². The van der Waals surface area contributed by atoms with Gasteiger partial charge < -0.3 is 4.42 Å². The van der Waals surface area contributed by atoms with Crippen LogP contribution in [0.1, 0.15) is 22.4 Å². The Bertz CT molecular complexity index is 2010. The molecule has 0 aliphatic rings. The minimum atomic E-state index is 0.905. The molecule has 194 valence electrons. The fraction of sp³-hybridized carbons (Fsp3) is 0.108. The van der Waals surface area contributed by atoms with E-state index in [1.165, 1.54) is 22.3 Å². The fourth-order valence-electron chi connectivity index (χ4n) is 6.21. The van der Waals surface area contributed by atoms with E-state index in [9.17, 15) is 0 Å². The largest absolute Gasteiger partial charge is 0.452 e. The molecule has 5 aromatic carbocycles. The Kier molecular flexibility index (Phi) is 5.67. The lowest BCUT2D eigenvalue weighted by Gasteiger charge is -2.12. The highest BCUT2D eigenvalue weighted by atomic mass is 16.3. The second kappa shape index (κ2) is 9.39. The van der Waals surface area contributed by atoms with Gasteiger partial charge in [-0.15, -0.1) is 0 Å². The summed E-state index contributed by atoms with van der Waals surface area (Å²) in [4.78, 5) is 0. The number of hydrogen-bond acceptors (Lipinski definition) is 1. The van der Waals surface area contributed by atoms with Crippen LogP contribution in [-0.2, 0) is 0 Å². The molecule has 40 heavy (non-hydrogen) atoms. The molecule has 0 bridgehead atoms. The zero-order valence-electron chi connectivity index (χ0n) is 23.3. The average Bonchev–Trinajstić information content (AvgIpc) is 3.49. The van der Waals surface area contributed by atoms with E-state index in [1.54, 1.807) is 0 Å². The summed E-state index contributed by atoms with van der Waals surface area (Å²) in [5, 5.41) is 2.26. The second-order valence-electron chi connectivity index (χ2n) is 10.6. The van der Waals surface area contributed by atoms with Crippen LogP contribution in [0.15, 0.2) is 120 Å². The SMILES string of the molecule is Cc1cccc(C)c1-c1n(-c2ccccc2)c(-c2ccccc2)c(C)[n+]1-c1c(C)ccc2c1oc1ccccc12. The molecule has 2 aromatic heterocycles. The van der Waals surface area contributed by atoms with Crippen molar-refractivity contribution >= 4 is 21.9 Å². The van der Waals surface area contributed by atoms with Crippen molar-refractivity contribution < 1.29 is 8.98 Å². The van der Waals surface area contributed by atoms with Crippen LogP contribution in [0.4, 0.5) is 0 Å². The number of benzene rings is 5. The monoisotopic (exact) mass is 519 g/mol. The third kappa shape index (κ3) is 3.62. The van der Waals surface area contributed by atoms with Crippen molar-refractivity contribution in [2.75, 3.05) is 0 Å². The van der Waals surface area contributed by atoms with Crippen LogP contribution in [0, 0.1) is 27.7 Å². The van der Waals surface area contributed by atoms with E-state index in [4.69, 9.17) is 4.42 Å². The van der Waals surface area contributed by atoms with E-state index in [2.05, 4.69) is 146 Å². The Morgan fingerprint density at radius 2 is 1.23 bits per heavy atom. The number of aromatic nitrogens is 2. The summed E-state index contributed by atoms with van der Waals surface area (Å²) in [6.45, 7) is 8.84. The zero-order chi connectivity index (χ0) is 27.4. The smallest absolute Gasteiger partial charge is 0.300 e. The molecule has 3 heteroatoms. The number of aryl methyl sites for hydroxylation is 3. The molecular weight excluding hydrogens is 488 g/mol. The van der Waals surface area contributed by atoms with Crippen LogP contribution < -0.4 is 4.57 Å². The second-order valence-corrected chi connectivity index (χ2v) is 10.6. The van der Waals surface area contributed by atoms with Gasteiger partial charge in [-0.3, -0.25) is 0 Å². The van der Waals surface area contributed by atoms with Gasteiger partial charge in [0.2, 0.25) is 0 Å². The molecule has 0 amide bonds. The third-order valence-electron chi connectivity index (χ3n) is 8.04. The Labute approximate surface area is 234 Å². The number of imidazole rings is 1. The summed E-state index contributed by atoms with van der Waals surface area (Å²) in [6, 6.07) is 40.7. The number of rotatable bonds is 4. The van der Waals surface area contributed by atoms with Gasteiger partial charge in [0.1, 0.15) is 11.3 Å². The van der Waals surface area contributed by atoms with Gasteiger partial charge in [0.15, 0.2) is 22.7 Å². The summed E-state index contributed by atoms with van der Waals surface area (Å²) in [5.74, 6) is 1.12. The highest BCUT2D eigenvalue weighted by Gasteiger charge is 2.36. The van der Waals surface area contributed by atoms with Gasteiger partial charge in [-0.25, -0.2) is 0 Å². The van der Waals surface area contributed by atoms with Crippen molar-refractivity contribution in [3.05, 3.63) is 138 Å². The van der Waals surface area contributed by atoms with E-state index in [0.29, 0.717) is 0 Å². The first kappa shape index (κ1) is 24.2. The summed E-state index contributed by atoms with van der Waals surface area (Å²) >= 11 is 0. The van der Waals surface area contributed by atoms with Gasteiger partial charge >= 0.3 is 5.82 Å². The quantitative estimate of drug-likeness (QED) is 0.212. The third-order valence-corrected chi connectivity index (χ3v) is 8.04. The maximum Gasteiger partial charge on any atom is 0.300 e. The van der Waals surface area contributed by atoms with Gasteiger partial charge in [-0.05, 0) is 56.2 Å². The Hall–Kier alpha value is -4.89. The van der Waals surface area contributed by atoms with E-state index in [1.807, 2.05) is 6.07 Å².